The van der Waals surface area contributed by atoms with Crippen LogP contribution in [-0.4, -0.2) is 30.1 Å². The van der Waals surface area contributed by atoms with E-state index in [1.807, 2.05) is 32.9 Å². The predicted octanol–water partition coefficient (Wildman–Crippen LogP) is 4.05. The number of rotatable bonds is 5. The topological polar surface area (TPSA) is 55.8 Å². The Bertz CT molecular complexity index is 706. The Morgan fingerprint density at radius 1 is 0.875 bits per heavy atom. The molecule has 0 aliphatic rings. The fourth-order valence-electron chi connectivity index (χ4n) is 2.11. The normalized spacial score (nSPS) is 10.1. The van der Waals surface area contributed by atoms with Crippen LogP contribution in [0.4, 0.5) is 4.79 Å². The van der Waals surface area contributed by atoms with Gasteiger partial charge in [-0.2, -0.15) is 0 Å². The van der Waals surface area contributed by atoms with Crippen molar-refractivity contribution in [2.75, 3.05) is 13.1 Å². The van der Waals surface area contributed by atoms with Crippen molar-refractivity contribution in [3.63, 3.8) is 0 Å². The molecule has 0 N–H and O–H groups in total. The van der Waals surface area contributed by atoms with Crippen molar-refractivity contribution >= 4 is 12.1 Å². The Hall–Kier alpha value is -2.82. The van der Waals surface area contributed by atoms with E-state index in [9.17, 15) is 9.59 Å². The molecule has 0 aromatic heterocycles. The van der Waals surface area contributed by atoms with Gasteiger partial charge in [0.1, 0.15) is 0 Å². The van der Waals surface area contributed by atoms with Crippen molar-refractivity contribution < 1.29 is 19.1 Å². The van der Waals surface area contributed by atoms with Crippen LogP contribution in [0.15, 0.2) is 48.5 Å². The summed E-state index contributed by atoms with van der Waals surface area (Å²) in [5, 5.41) is 0. The van der Waals surface area contributed by atoms with Gasteiger partial charge in [0.2, 0.25) is 0 Å². The van der Waals surface area contributed by atoms with Crippen molar-refractivity contribution in [1.82, 2.24) is 4.90 Å². The molecular weight excluding hydrogens is 306 g/mol. The lowest BCUT2D eigenvalue weighted by atomic mass is 10.1. The number of esters is 1. The number of hydrogen-bond acceptors (Lipinski definition) is 4. The Balaban J connectivity index is 2.15. The van der Waals surface area contributed by atoms with Crippen LogP contribution < -0.4 is 9.47 Å². The van der Waals surface area contributed by atoms with Crippen LogP contribution in [0.25, 0.3) is 0 Å². The number of aryl methyl sites for hydroxylation is 1. The number of ether oxygens (including phenoxy) is 2. The number of nitrogens with zero attached hydrogens (tertiary/aromatic N) is 1. The van der Waals surface area contributed by atoms with E-state index in [-0.39, 0.29) is 11.5 Å². The van der Waals surface area contributed by atoms with E-state index in [0.717, 1.165) is 5.56 Å². The molecule has 0 atom stereocenters. The van der Waals surface area contributed by atoms with Crippen molar-refractivity contribution in [2.24, 2.45) is 0 Å². The van der Waals surface area contributed by atoms with Gasteiger partial charge in [-0.3, -0.25) is 0 Å². The Kier molecular flexibility index (Phi) is 5.95. The van der Waals surface area contributed by atoms with Gasteiger partial charge in [0.05, 0.1) is 5.56 Å². The van der Waals surface area contributed by atoms with Gasteiger partial charge in [-0.05, 0) is 45.0 Å². The van der Waals surface area contributed by atoms with Crippen LogP contribution in [0.2, 0.25) is 0 Å². The monoisotopic (exact) mass is 327 g/mol. The molecule has 0 fully saturated rings. The zero-order valence-electron chi connectivity index (χ0n) is 14.1. The number of para-hydroxylation sites is 2. The van der Waals surface area contributed by atoms with Gasteiger partial charge < -0.3 is 14.4 Å². The van der Waals surface area contributed by atoms with Crippen LogP contribution in [0.5, 0.6) is 11.5 Å². The van der Waals surface area contributed by atoms with Crippen molar-refractivity contribution in [1.29, 1.82) is 0 Å². The minimum Gasteiger partial charge on any atom is -0.419 e. The molecule has 24 heavy (non-hydrogen) atoms. The number of carbonyl (C=O) groups is 2. The fourth-order valence-corrected chi connectivity index (χ4v) is 2.11. The number of carbonyl (C=O) groups excluding carboxylic acids is 2. The lowest BCUT2D eigenvalue weighted by molar-refractivity contribution is 0.0727. The summed E-state index contributed by atoms with van der Waals surface area (Å²) in [4.78, 5) is 25.9. The summed E-state index contributed by atoms with van der Waals surface area (Å²) in [7, 11) is 0. The fraction of sp³-hybridized carbons (Fsp3) is 0.263. The van der Waals surface area contributed by atoms with Gasteiger partial charge in [0, 0.05) is 13.1 Å². The quantitative estimate of drug-likeness (QED) is 0.614. The van der Waals surface area contributed by atoms with Crippen LogP contribution in [-0.2, 0) is 0 Å². The number of amides is 1. The first kappa shape index (κ1) is 17.5. The first-order chi connectivity index (χ1) is 11.5. The molecule has 0 saturated carbocycles. The highest BCUT2D eigenvalue weighted by Gasteiger charge is 2.17. The first-order valence-corrected chi connectivity index (χ1v) is 7.89. The molecule has 0 aliphatic carbocycles. The third-order valence-corrected chi connectivity index (χ3v) is 3.56. The van der Waals surface area contributed by atoms with Gasteiger partial charge in [0.15, 0.2) is 11.5 Å². The van der Waals surface area contributed by atoms with Gasteiger partial charge in [-0.15, -0.1) is 0 Å². The van der Waals surface area contributed by atoms with Gasteiger partial charge >= 0.3 is 12.1 Å². The summed E-state index contributed by atoms with van der Waals surface area (Å²) in [6, 6.07) is 13.7. The molecule has 0 bridgehead atoms. The lowest BCUT2D eigenvalue weighted by Gasteiger charge is -2.18. The summed E-state index contributed by atoms with van der Waals surface area (Å²) in [5.74, 6) is -0.0696. The maximum Gasteiger partial charge on any atom is 0.415 e. The zero-order valence-corrected chi connectivity index (χ0v) is 14.1. The van der Waals surface area contributed by atoms with Crippen molar-refractivity contribution in [3.05, 3.63) is 59.7 Å². The number of benzene rings is 2. The Morgan fingerprint density at radius 2 is 1.42 bits per heavy atom. The van der Waals surface area contributed by atoms with Gasteiger partial charge in [-0.1, -0.05) is 29.8 Å². The van der Waals surface area contributed by atoms with Crippen LogP contribution in [0.1, 0.15) is 29.8 Å². The second-order valence-corrected chi connectivity index (χ2v) is 5.24. The Labute approximate surface area is 141 Å². The molecule has 0 heterocycles. The molecule has 126 valence electrons. The third kappa shape index (κ3) is 4.35. The summed E-state index contributed by atoms with van der Waals surface area (Å²) in [6.45, 7) is 6.76. The minimum absolute atomic E-state index is 0.212. The largest absolute Gasteiger partial charge is 0.419 e. The van der Waals surface area contributed by atoms with Crippen molar-refractivity contribution in [3.8, 4) is 11.5 Å². The molecule has 0 radical (unpaired) electrons. The average molecular weight is 327 g/mol. The predicted molar refractivity (Wildman–Crippen MR) is 91.5 cm³/mol. The SMILES string of the molecule is CCN(CC)C(=O)Oc1ccccc1OC(=O)c1ccc(C)cc1. The van der Waals surface area contributed by atoms with Crippen LogP contribution in [0, 0.1) is 6.92 Å². The highest BCUT2D eigenvalue weighted by atomic mass is 16.6. The molecular formula is C19H21NO4. The van der Waals surface area contributed by atoms with E-state index in [2.05, 4.69) is 0 Å². The summed E-state index contributed by atoms with van der Waals surface area (Å²) in [6.07, 6.45) is -0.473. The number of hydrogen-bond donors (Lipinski definition) is 0. The van der Waals surface area contributed by atoms with Gasteiger partial charge in [-0.25, -0.2) is 9.59 Å². The molecule has 0 saturated heterocycles. The maximum atomic E-state index is 12.2. The summed E-state index contributed by atoms with van der Waals surface area (Å²) in [5.41, 5.74) is 1.49. The van der Waals surface area contributed by atoms with E-state index in [1.165, 1.54) is 0 Å². The molecule has 0 spiro atoms. The molecule has 2 aromatic rings. The Morgan fingerprint density at radius 3 is 1.96 bits per heavy atom. The lowest BCUT2D eigenvalue weighted by Crippen LogP contribution is -2.33. The van der Waals surface area contributed by atoms with E-state index in [4.69, 9.17) is 9.47 Å². The molecule has 0 unspecified atom stereocenters. The average Bonchev–Trinajstić information content (AvgIpc) is 2.58. The van der Waals surface area contributed by atoms with Crippen LogP contribution in [0.3, 0.4) is 0 Å². The summed E-state index contributed by atoms with van der Waals surface area (Å²) >= 11 is 0. The highest BCUT2D eigenvalue weighted by molar-refractivity contribution is 5.91. The van der Waals surface area contributed by atoms with E-state index in [0.29, 0.717) is 18.7 Å². The summed E-state index contributed by atoms with van der Waals surface area (Å²) < 4.78 is 10.7. The first-order valence-electron chi connectivity index (χ1n) is 7.89. The second-order valence-electron chi connectivity index (χ2n) is 5.24. The maximum absolute atomic E-state index is 12.2. The van der Waals surface area contributed by atoms with E-state index in [1.54, 1.807) is 41.3 Å². The molecule has 5 nitrogen and oxygen atoms in total. The highest BCUT2D eigenvalue weighted by Crippen LogP contribution is 2.28. The molecule has 1 amide bonds. The van der Waals surface area contributed by atoms with E-state index >= 15 is 0 Å². The second kappa shape index (κ2) is 8.15. The third-order valence-electron chi connectivity index (χ3n) is 3.56. The minimum atomic E-state index is -0.499. The molecule has 2 aromatic carbocycles. The smallest absolute Gasteiger partial charge is 0.415 e. The van der Waals surface area contributed by atoms with E-state index < -0.39 is 12.1 Å². The molecule has 5 heteroatoms. The van der Waals surface area contributed by atoms with Gasteiger partial charge in [0.25, 0.3) is 0 Å². The zero-order chi connectivity index (χ0) is 17.5. The molecule has 0 aliphatic heterocycles. The van der Waals surface area contributed by atoms with Crippen molar-refractivity contribution in [2.45, 2.75) is 20.8 Å². The standard InChI is InChI=1S/C19H21NO4/c1-4-20(5-2)19(22)24-17-9-7-6-8-16(17)23-18(21)15-12-10-14(3)11-13-15/h6-13H,4-5H2,1-3H3. The molecule has 2 rings (SSSR count). The van der Waals surface area contributed by atoms with Crippen LogP contribution >= 0.6 is 0 Å².